The molecule has 0 spiro atoms. The topological polar surface area (TPSA) is 50.8 Å². The molecule has 0 aromatic heterocycles. The molecule has 134 valence electrons. The van der Waals surface area contributed by atoms with Gasteiger partial charge in [-0.25, -0.2) is 0 Å². The van der Waals surface area contributed by atoms with Crippen molar-refractivity contribution in [2.45, 2.75) is 45.9 Å². The summed E-state index contributed by atoms with van der Waals surface area (Å²) in [6, 6.07) is 7.90. The van der Waals surface area contributed by atoms with Crippen LogP contribution in [0, 0.1) is 5.92 Å². The Bertz CT molecular complexity index is 520. The molecule has 5 heteroatoms. The monoisotopic (exact) mass is 334 g/mol. The van der Waals surface area contributed by atoms with Gasteiger partial charge >= 0.3 is 0 Å². The molecule has 1 heterocycles. The number of carbonyl (C=O) groups excluding carboxylic acids is 1. The van der Waals surface area contributed by atoms with Crippen LogP contribution in [0.15, 0.2) is 24.3 Å². The summed E-state index contributed by atoms with van der Waals surface area (Å²) in [6.45, 7) is 10.3. The highest BCUT2D eigenvalue weighted by atomic mass is 16.5. The fraction of sp³-hybridized carbons (Fsp3) is 0.632. The van der Waals surface area contributed by atoms with Crippen LogP contribution < -0.4 is 10.1 Å². The lowest BCUT2D eigenvalue weighted by Crippen LogP contribution is -2.49. The maximum absolute atomic E-state index is 12.5. The number of hydrogen-bond acceptors (Lipinski definition) is 4. The second-order valence-electron chi connectivity index (χ2n) is 7.01. The van der Waals surface area contributed by atoms with Crippen molar-refractivity contribution in [3.05, 3.63) is 29.8 Å². The Morgan fingerprint density at radius 1 is 1.25 bits per heavy atom. The number of rotatable bonds is 6. The normalized spacial score (nSPS) is 23.1. The number of amides is 1. The van der Waals surface area contributed by atoms with Gasteiger partial charge < -0.3 is 14.8 Å². The van der Waals surface area contributed by atoms with Crippen LogP contribution in [0.2, 0.25) is 0 Å². The molecule has 0 aliphatic carbocycles. The molecule has 24 heavy (non-hydrogen) atoms. The van der Waals surface area contributed by atoms with E-state index in [4.69, 9.17) is 9.47 Å². The number of nitrogens with zero attached hydrogens (tertiary/aromatic N) is 1. The van der Waals surface area contributed by atoms with Crippen LogP contribution in [0.4, 0.5) is 0 Å². The Balaban J connectivity index is 1.97. The zero-order chi connectivity index (χ0) is 17.7. The van der Waals surface area contributed by atoms with Gasteiger partial charge in [0.2, 0.25) is 5.91 Å². The van der Waals surface area contributed by atoms with Crippen LogP contribution >= 0.6 is 0 Å². The van der Waals surface area contributed by atoms with Crippen molar-refractivity contribution >= 4 is 5.91 Å². The lowest BCUT2D eigenvalue weighted by Gasteiger charge is -2.35. The zero-order valence-electron chi connectivity index (χ0n) is 15.4. The van der Waals surface area contributed by atoms with Crippen molar-refractivity contribution < 1.29 is 14.3 Å². The number of benzene rings is 1. The number of carbonyl (C=O) groups is 1. The van der Waals surface area contributed by atoms with E-state index in [1.54, 1.807) is 7.11 Å². The summed E-state index contributed by atoms with van der Waals surface area (Å²) < 4.78 is 10.9. The van der Waals surface area contributed by atoms with E-state index in [9.17, 15) is 4.79 Å². The Kier molecular flexibility index (Phi) is 6.63. The predicted molar refractivity (Wildman–Crippen MR) is 95.2 cm³/mol. The summed E-state index contributed by atoms with van der Waals surface area (Å²) in [7, 11) is 1.65. The highest BCUT2D eigenvalue weighted by Crippen LogP contribution is 2.24. The van der Waals surface area contributed by atoms with Gasteiger partial charge in [-0.2, -0.15) is 0 Å². The molecule has 5 nitrogen and oxygen atoms in total. The second kappa shape index (κ2) is 8.49. The number of nitrogens with one attached hydrogen (secondary N) is 1. The van der Waals surface area contributed by atoms with Gasteiger partial charge in [0, 0.05) is 13.1 Å². The van der Waals surface area contributed by atoms with Gasteiger partial charge in [0.15, 0.2) is 0 Å². The van der Waals surface area contributed by atoms with E-state index in [0.717, 1.165) is 24.4 Å². The van der Waals surface area contributed by atoms with E-state index in [1.165, 1.54) is 0 Å². The molecule has 1 N–H and O–H groups in total. The lowest BCUT2D eigenvalue weighted by molar-refractivity contribution is -0.127. The van der Waals surface area contributed by atoms with E-state index >= 15 is 0 Å². The average Bonchev–Trinajstić information content (AvgIpc) is 2.51. The standard InChI is InChI=1S/C19H30N2O3/c1-13(2)19(16-6-8-17(23-5)9-7-16)20-18(22)12-21-10-14(3)24-15(4)11-21/h6-9,13-15,19H,10-12H2,1-5H3,(H,20,22). The fourth-order valence-corrected chi connectivity index (χ4v) is 3.28. The van der Waals surface area contributed by atoms with Crippen LogP contribution in [0.5, 0.6) is 5.75 Å². The van der Waals surface area contributed by atoms with Crippen molar-refractivity contribution in [2.24, 2.45) is 5.92 Å². The van der Waals surface area contributed by atoms with Crippen molar-refractivity contribution in [3.63, 3.8) is 0 Å². The van der Waals surface area contributed by atoms with E-state index < -0.39 is 0 Å². The molecule has 1 fully saturated rings. The second-order valence-corrected chi connectivity index (χ2v) is 7.01. The Hall–Kier alpha value is -1.59. The van der Waals surface area contributed by atoms with Gasteiger partial charge in [-0.05, 0) is 37.5 Å². The highest BCUT2D eigenvalue weighted by molar-refractivity contribution is 5.78. The minimum absolute atomic E-state index is 0.000654. The summed E-state index contributed by atoms with van der Waals surface area (Å²) in [6.07, 6.45) is 0.341. The quantitative estimate of drug-likeness (QED) is 0.869. The highest BCUT2D eigenvalue weighted by Gasteiger charge is 2.25. The number of morpholine rings is 1. The SMILES string of the molecule is COc1ccc(C(NC(=O)CN2CC(C)OC(C)C2)C(C)C)cc1. The minimum atomic E-state index is -0.000654. The number of methoxy groups -OCH3 is 1. The first kappa shape index (κ1) is 18.7. The first-order valence-electron chi connectivity index (χ1n) is 8.70. The van der Waals surface area contributed by atoms with Crippen LogP contribution in [0.1, 0.15) is 39.3 Å². The third-order valence-corrected chi connectivity index (χ3v) is 4.32. The molecular weight excluding hydrogens is 304 g/mol. The van der Waals surface area contributed by atoms with Crippen molar-refractivity contribution in [1.29, 1.82) is 0 Å². The van der Waals surface area contributed by atoms with E-state index in [-0.39, 0.29) is 24.2 Å². The Morgan fingerprint density at radius 3 is 2.33 bits per heavy atom. The molecule has 1 aromatic carbocycles. The lowest BCUT2D eigenvalue weighted by atomic mass is 9.96. The predicted octanol–water partition coefficient (Wildman–Crippen LogP) is 2.62. The molecule has 1 amide bonds. The van der Waals surface area contributed by atoms with E-state index in [0.29, 0.717) is 12.5 Å². The van der Waals surface area contributed by atoms with Crippen molar-refractivity contribution in [2.75, 3.05) is 26.7 Å². The molecule has 1 aromatic rings. The maximum Gasteiger partial charge on any atom is 0.234 e. The summed E-state index contributed by atoms with van der Waals surface area (Å²) in [5.74, 6) is 1.19. The number of hydrogen-bond donors (Lipinski definition) is 1. The number of ether oxygens (including phenoxy) is 2. The van der Waals surface area contributed by atoms with Gasteiger partial charge in [0.1, 0.15) is 5.75 Å². The van der Waals surface area contributed by atoms with Crippen LogP contribution in [-0.2, 0) is 9.53 Å². The molecule has 3 atom stereocenters. The van der Waals surface area contributed by atoms with Gasteiger partial charge in [-0.3, -0.25) is 9.69 Å². The Morgan fingerprint density at radius 2 is 1.83 bits per heavy atom. The molecule has 3 unspecified atom stereocenters. The largest absolute Gasteiger partial charge is 0.497 e. The third-order valence-electron chi connectivity index (χ3n) is 4.32. The van der Waals surface area contributed by atoms with Gasteiger partial charge in [0.25, 0.3) is 0 Å². The first-order chi connectivity index (χ1) is 11.4. The smallest absolute Gasteiger partial charge is 0.234 e. The molecule has 0 saturated carbocycles. The molecular formula is C19H30N2O3. The molecule has 0 radical (unpaired) electrons. The average molecular weight is 334 g/mol. The first-order valence-corrected chi connectivity index (χ1v) is 8.70. The molecule has 1 aliphatic heterocycles. The minimum Gasteiger partial charge on any atom is -0.497 e. The van der Waals surface area contributed by atoms with Gasteiger partial charge in [0.05, 0.1) is 31.9 Å². The molecule has 1 saturated heterocycles. The summed E-state index contributed by atoms with van der Waals surface area (Å²) in [5, 5.41) is 3.18. The van der Waals surface area contributed by atoms with Crippen LogP contribution in [-0.4, -0.2) is 49.8 Å². The van der Waals surface area contributed by atoms with Crippen molar-refractivity contribution in [1.82, 2.24) is 10.2 Å². The van der Waals surface area contributed by atoms with Gasteiger partial charge in [-0.15, -0.1) is 0 Å². The van der Waals surface area contributed by atoms with Crippen molar-refractivity contribution in [3.8, 4) is 5.75 Å². The molecule has 2 rings (SSSR count). The van der Waals surface area contributed by atoms with Gasteiger partial charge in [-0.1, -0.05) is 26.0 Å². The summed E-state index contributed by atoms with van der Waals surface area (Å²) >= 11 is 0. The fourth-order valence-electron chi connectivity index (χ4n) is 3.28. The summed E-state index contributed by atoms with van der Waals surface area (Å²) in [5.41, 5.74) is 1.10. The van der Waals surface area contributed by atoms with Crippen LogP contribution in [0.3, 0.4) is 0 Å². The molecule has 0 bridgehead atoms. The summed E-state index contributed by atoms with van der Waals surface area (Å²) in [4.78, 5) is 14.7. The van der Waals surface area contributed by atoms with Crippen LogP contribution in [0.25, 0.3) is 0 Å². The third kappa shape index (κ3) is 5.21. The zero-order valence-corrected chi connectivity index (χ0v) is 15.4. The maximum atomic E-state index is 12.5. The van der Waals surface area contributed by atoms with E-state index in [2.05, 4.69) is 37.9 Å². The molecule has 1 aliphatic rings. The Labute approximate surface area is 145 Å². The van der Waals surface area contributed by atoms with E-state index in [1.807, 2.05) is 24.3 Å².